The van der Waals surface area contributed by atoms with E-state index in [-0.39, 0.29) is 29.6 Å². The Morgan fingerprint density at radius 3 is 2.39 bits per heavy atom. The Kier molecular flexibility index (Phi) is 5.50. The minimum absolute atomic E-state index is 0.0642. The highest BCUT2D eigenvalue weighted by atomic mass is 35.5. The van der Waals surface area contributed by atoms with E-state index >= 15 is 0 Å². The number of amides is 2. The number of benzene rings is 2. The molecule has 1 aliphatic heterocycles. The first kappa shape index (κ1) is 21.0. The Bertz CT molecular complexity index is 1270. The summed E-state index contributed by atoms with van der Waals surface area (Å²) in [6, 6.07) is 12.0. The van der Waals surface area contributed by atoms with Crippen molar-refractivity contribution in [2.75, 3.05) is 5.32 Å². The van der Waals surface area contributed by atoms with Crippen LogP contribution in [0.1, 0.15) is 16.8 Å². The van der Waals surface area contributed by atoms with E-state index in [1.807, 2.05) is 0 Å². The third-order valence-electron chi connectivity index (χ3n) is 4.66. The molecule has 0 saturated carbocycles. The number of fused-ring (bicyclic) bond motifs is 1. The molecule has 2 N–H and O–H groups in total. The second-order valence-electron chi connectivity index (χ2n) is 6.96. The lowest BCUT2D eigenvalue weighted by Crippen LogP contribution is -2.35. The van der Waals surface area contributed by atoms with Gasteiger partial charge in [0.15, 0.2) is 9.84 Å². The molecule has 2 heterocycles. The molecule has 0 spiro atoms. The van der Waals surface area contributed by atoms with E-state index in [9.17, 15) is 22.4 Å². The zero-order chi connectivity index (χ0) is 22.2. The fraction of sp³-hybridized carbons (Fsp3) is 0.150. The predicted molar refractivity (Wildman–Crippen MR) is 112 cm³/mol. The number of nitrogens with one attached hydrogen (secondary N) is 2. The van der Waals surface area contributed by atoms with Gasteiger partial charge < -0.3 is 10.6 Å². The maximum absolute atomic E-state index is 13.3. The average molecular weight is 463 g/mol. The van der Waals surface area contributed by atoms with Crippen LogP contribution in [0.3, 0.4) is 0 Å². The monoisotopic (exact) mass is 462 g/mol. The van der Waals surface area contributed by atoms with Gasteiger partial charge >= 0.3 is 11.8 Å². The second kappa shape index (κ2) is 8.12. The number of anilines is 1. The van der Waals surface area contributed by atoms with Gasteiger partial charge in [-0.3, -0.25) is 9.59 Å². The second-order valence-corrected chi connectivity index (χ2v) is 9.46. The molecule has 0 fully saturated rings. The van der Waals surface area contributed by atoms with Crippen LogP contribution in [0.4, 0.5) is 10.2 Å². The molecule has 4 rings (SSSR count). The summed E-state index contributed by atoms with van der Waals surface area (Å²) in [5.74, 6) is -2.87. The van der Waals surface area contributed by atoms with Gasteiger partial charge in [-0.05, 0) is 42.0 Å². The summed E-state index contributed by atoms with van der Waals surface area (Å²) in [5, 5.41) is 9.75. The smallest absolute Gasteiger partial charge is 0.314 e. The lowest BCUT2D eigenvalue weighted by atomic mass is 10.2. The van der Waals surface area contributed by atoms with Gasteiger partial charge in [-0.25, -0.2) is 17.5 Å². The van der Waals surface area contributed by atoms with Crippen LogP contribution < -0.4 is 10.6 Å². The number of carbonyl (C=O) groups excluding carboxylic acids is 2. The largest absolute Gasteiger partial charge is 0.344 e. The van der Waals surface area contributed by atoms with Gasteiger partial charge in [-0.2, -0.15) is 5.10 Å². The molecule has 0 saturated heterocycles. The fourth-order valence-corrected chi connectivity index (χ4v) is 4.79. The summed E-state index contributed by atoms with van der Waals surface area (Å²) < 4.78 is 38.6. The van der Waals surface area contributed by atoms with Gasteiger partial charge in [0.25, 0.3) is 0 Å². The number of hydrogen-bond acceptors (Lipinski definition) is 5. The van der Waals surface area contributed by atoms with E-state index < -0.39 is 27.5 Å². The molecule has 2 amide bonds. The van der Waals surface area contributed by atoms with Crippen molar-refractivity contribution in [3.8, 4) is 5.69 Å². The van der Waals surface area contributed by atoms with Crippen molar-refractivity contribution < 1.29 is 22.4 Å². The molecule has 0 aliphatic carbocycles. The van der Waals surface area contributed by atoms with E-state index in [1.54, 1.807) is 24.3 Å². The Morgan fingerprint density at radius 2 is 1.71 bits per heavy atom. The number of rotatable bonds is 4. The maximum Gasteiger partial charge on any atom is 0.314 e. The molecule has 0 unspecified atom stereocenters. The number of aromatic nitrogens is 2. The standard InChI is InChI=1S/C20H16ClFN4O4S/c21-13-3-1-12(2-4-13)9-23-19(27)20(28)24-18-16-10-31(29,30)11-17(16)25-26(18)15-7-5-14(22)6-8-15/h1-8H,9-11H2,(H,23,27)(H,24,28). The number of sulfone groups is 1. The molecule has 160 valence electrons. The first-order chi connectivity index (χ1) is 14.7. The zero-order valence-electron chi connectivity index (χ0n) is 15.9. The van der Waals surface area contributed by atoms with Crippen molar-refractivity contribution >= 4 is 39.1 Å². The van der Waals surface area contributed by atoms with Crippen molar-refractivity contribution in [2.45, 2.75) is 18.1 Å². The van der Waals surface area contributed by atoms with Crippen LogP contribution >= 0.6 is 11.6 Å². The molecular formula is C20H16ClFN4O4S. The first-order valence-corrected chi connectivity index (χ1v) is 11.3. The normalized spacial score (nSPS) is 14.1. The SMILES string of the molecule is O=C(NCc1ccc(Cl)cc1)C(=O)Nc1c2c(nn1-c1ccc(F)cc1)CS(=O)(=O)C2. The molecule has 11 heteroatoms. The number of carbonyl (C=O) groups is 2. The summed E-state index contributed by atoms with van der Waals surface area (Å²) in [6.45, 7) is 0.104. The summed E-state index contributed by atoms with van der Waals surface area (Å²) in [5.41, 5.74) is 1.74. The molecule has 1 aromatic heterocycles. The highest BCUT2D eigenvalue weighted by molar-refractivity contribution is 7.90. The lowest BCUT2D eigenvalue weighted by Gasteiger charge is -2.11. The molecule has 2 aromatic carbocycles. The Labute approximate surface area is 181 Å². The van der Waals surface area contributed by atoms with E-state index in [0.29, 0.717) is 16.3 Å². The molecular weight excluding hydrogens is 447 g/mol. The minimum atomic E-state index is -3.39. The van der Waals surface area contributed by atoms with Crippen LogP contribution in [-0.4, -0.2) is 30.0 Å². The fourth-order valence-electron chi connectivity index (χ4n) is 3.17. The van der Waals surface area contributed by atoms with Gasteiger partial charge in [-0.1, -0.05) is 23.7 Å². The van der Waals surface area contributed by atoms with Crippen molar-refractivity contribution in [2.24, 2.45) is 0 Å². The Morgan fingerprint density at radius 1 is 1.03 bits per heavy atom. The van der Waals surface area contributed by atoms with Crippen LogP contribution in [0, 0.1) is 5.82 Å². The third kappa shape index (κ3) is 4.59. The van der Waals surface area contributed by atoms with Crippen molar-refractivity contribution in [1.82, 2.24) is 15.1 Å². The summed E-state index contributed by atoms with van der Waals surface area (Å²) in [7, 11) is -3.39. The van der Waals surface area contributed by atoms with Crippen LogP contribution in [-0.2, 0) is 37.5 Å². The van der Waals surface area contributed by atoms with E-state index in [1.165, 1.54) is 28.9 Å². The van der Waals surface area contributed by atoms with E-state index in [4.69, 9.17) is 11.6 Å². The van der Waals surface area contributed by atoms with Crippen LogP contribution in [0.2, 0.25) is 5.02 Å². The van der Waals surface area contributed by atoms with Gasteiger partial charge in [-0.15, -0.1) is 0 Å². The highest BCUT2D eigenvalue weighted by Gasteiger charge is 2.33. The number of nitrogens with zero attached hydrogens (tertiary/aromatic N) is 2. The topological polar surface area (TPSA) is 110 Å². The van der Waals surface area contributed by atoms with Gasteiger partial charge in [0, 0.05) is 17.1 Å². The van der Waals surface area contributed by atoms with Gasteiger partial charge in [0.1, 0.15) is 11.6 Å². The van der Waals surface area contributed by atoms with Crippen molar-refractivity contribution in [3.05, 3.63) is 76.2 Å². The number of hydrogen-bond donors (Lipinski definition) is 2. The lowest BCUT2D eigenvalue weighted by molar-refractivity contribution is -0.136. The van der Waals surface area contributed by atoms with Crippen LogP contribution in [0.15, 0.2) is 48.5 Å². The molecule has 0 bridgehead atoms. The predicted octanol–water partition coefficient (Wildman–Crippen LogP) is 2.35. The minimum Gasteiger partial charge on any atom is -0.344 e. The molecule has 8 nitrogen and oxygen atoms in total. The Hall–Kier alpha value is -3.24. The molecule has 3 aromatic rings. The van der Waals surface area contributed by atoms with E-state index in [2.05, 4.69) is 15.7 Å². The Balaban J connectivity index is 1.56. The molecule has 31 heavy (non-hydrogen) atoms. The molecule has 1 aliphatic rings. The van der Waals surface area contributed by atoms with Gasteiger partial charge in [0.2, 0.25) is 0 Å². The van der Waals surface area contributed by atoms with E-state index in [0.717, 1.165) is 5.56 Å². The summed E-state index contributed by atoms with van der Waals surface area (Å²) in [4.78, 5) is 24.8. The molecule has 0 atom stereocenters. The maximum atomic E-state index is 13.3. The van der Waals surface area contributed by atoms with Crippen molar-refractivity contribution in [3.63, 3.8) is 0 Å². The van der Waals surface area contributed by atoms with Gasteiger partial charge in [0.05, 0.1) is 22.9 Å². The van der Waals surface area contributed by atoms with Crippen LogP contribution in [0.5, 0.6) is 0 Å². The van der Waals surface area contributed by atoms with Crippen molar-refractivity contribution in [1.29, 1.82) is 0 Å². The number of halogens is 2. The summed E-state index contributed by atoms with van der Waals surface area (Å²) in [6.07, 6.45) is 0. The zero-order valence-corrected chi connectivity index (χ0v) is 17.5. The quantitative estimate of drug-likeness (QED) is 0.578. The molecule has 0 radical (unpaired) electrons. The van der Waals surface area contributed by atoms with Crippen LogP contribution in [0.25, 0.3) is 5.69 Å². The summed E-state index contributed by atoms with van der Waals surface area (Å²) >= 11 is 5.82. The highest BCUT2D eigenvalue weighted by Crippen LogP contribution is 2.32. The third-order valence-corrected chi connectivity index (χ3v) is 6.36. The average Bonchev–Trinajstić information content (AvgIpc) is 3.20. The first-order valence-electron chi connectivity index (χ1n) is 9.12.